The number of aryl methyl sites for hydroxylation is 1. The monoisotopic (exact) mass is 395 g/mol. The van der Waals surface area contributed by atoms with Gasteiger partial charge in [0.2, 0.25) is 5.91 Å². The van der Waals surface area contributed by atoms with E-state index < -0.39 is 29.8 Å². The van der Waals surface area contributed by atoms with Crippen LogP contribution in [0.25, 0.3) is 10.9 Å². The van der Waals surface area contributed by atoms with Crippen molar-refractivity contribution in [3.63, 3.8) is 0 Å². The highest BCUT2D eigenvalue weighted by Crippen LogP contribution is 2.33. The maximum atomic E-state index is 12.8. The summed E-state index contributed by atoms with van der Waals surface area (Å²) in [7, 11) is 0. The van der Waals surface area contributed by atoms with Crippen LogP contribution < -0.4 is 10.9 Å². The summed E-state index contributed by atoms with van der Waals surface area (Å²) in [4.78, 5) is 28.9. The zero-order valence-corrected chi connectivity index (χ0v) is 14.7. The molecule has 0 saturated carbocycles. The molecule has 5 nitrogen and oxygen atoms in total. The van der Waals surface area contributed by atoms with Gasteiger partial charge in [0.1, 0.15) is 6.54 Å². The molecule has 0 bridgehead atoms. The number of nitrogens with zero attached hydrogens (tertiary/aromatic N) is 2. The summed E-state index contributed by atoms with van der Waals surface area (Å²) in [5, 5.41) is 2.60. The molecule has 0 spiro atoms. The Bertz CT molecular complexity index is 1090. The van der Waals surface area contributed by atoms with E-state index in [1.165, 1.54) is 6.33 Å². The lowest BCUT2D eigenvalue weighted by Crippen LogP contribution is -2.28. The molecule has 0 aliphatic rings. The Labute approximate surface area is 156 Å². The Morgan fingerprint density at radius 1 is 1.26 bits per heavy atom. The Balaban J connectivity index is 1.86. The van der Waals surface area contributed by atoms with Crippen LogP contribution in [0.5, 0.6) is 0 Å². The van der Waals surface area contributed by atoms with Gasteiger partial charge in [0.05, 0.1) is 33.5 Å². The van der Waals surface area contributed by atoms with E-state index in [0.29, 0.717) is 10.9 Å². The van der Waals surface area contributed by atoms with Crippen molar-refractivity contribution in [2.45, 2.75) is 19.6 Å². The van der Waals surface area contributed by atoms with E-state index in [0.717, 1.165) is 28.3 Å². The fourth-order valence-electron chi connectivity index (χ4n) is 2.59. The van der Waals surface area contributed by atoms with Gasteiger partial charge in [0.15, 0.2) is 0 Å². The zero-order chi connectivity index (χ0) is 19.8. The molecule has 0 aliphatic heterocycles. The molecule has 1 N–H and O–H groups in total. The van der Waals surface area contributed by atoms with Crippen molar-refractivity contribution < 1.29 is 18.0 Å². The van der Waals surface area contributed by atoms with Gasteiger partial charge < -0.3 is 5.32 Å². The maximum Gasteiger partial charge on any atom is 0.416 e. The van der Waals surface area contributed by atoms with Crippen LogP contribution in [0.1, 0.15) is 11.1 Å². The van der Waals surface area contributed by atoms with Crippen molar-refractivity contribution in [2.75, 3.05) is 5.32 Å². The fourth-order valence-corrected chi connectivity index (χ4v) is 2.76. The number of alkyl halides is 3. The largest absolute Gasteiger partial charge is 0.416 e. The van der Waals surface area contributed by atoms with Crippen LogP contribution in [-0.2, 0) is 17.5 Å². The number of halogens is 4. The van der Waals surface area contributed by atoms with E-state index >= 15 is 0 Å². The van der Waals surface area contributed by atoms with Crippen molar-refractivity contribution in [1.82, 2.24) is 9.55 Å². The molecule has 0 unspecified atom stereocenters. The normalized spacial score (nSPS) is 11.6. The molecule has 2 aromatic carbocycles. The summed E-state index contributed by atoms with van der Waals surface area (Å²) in [5.74, 6) is -0.702. The van der Waals surface area contributed by atoms with Crippen molar-refractivity contribution in [1.29, 1.82) is 0 Å². The minimum Gasteiger partial charge on any atom is -0.323 e. The van der Waals surface area contributed by atoms with Gasteiger partial charge in [-0.3, -0.25) is 14.2 Å². The smallest absolute Gasteiger partial charge is 0.323 e. The van der Waals surface area contributed by atoms with E-state index in [9.17, 15) is 22.8 Å². The van der Waals surface area contributed by atoms with Crippen LogP contribution in [0.15, 0.2) is 47.5 Å². The lowest BCUT2D eigenvalue weighted by molar-refractivity contribution is -0.137. The standard InChI is InChI=1S/C18H13ClF3N3O2/c1-10-3-2-4-12-16(10)23-9-25(17(12)27)8-15(26)24-14-7-11(18(20,21)22)5-6-13(14)19/h2-7,9H,8H2,1H3,(H,24,26). The molecule has 1 heterocycles. The van der Waals surface area contributed by atoms with Gasteiger partial charge in [0.25, 0.3) is 5.56 Å². The van der Waals surface area contributed by atoms with E-state index in [-0.39, 0.29) is 10.7 Å². The van der Waals surface area contributed by atoms with Crippen LogP contribution in [-0.4, -0.2) is 15.5 Å². The van der Waals surface area contributed by atoms with Crippen LogP contribution in [0.3, 0.4) is 0 Å². The number of anilines is 1. The second-order valence-corrected chi connectivity index (χ2v) is 6.30. The average molecular weight is 396 g/mol. The summed E-state index contributed by atoms with van der Waals surface area (Å²) in [5.41, 5.74) is -0.206. The van der Waals surface area contributed by atoms with Gasteiger partial charge in [-0.05, 0) is 36.8 Å². The molecule has 0 atom stereocenters. The molecular weight excluding hydrogens is 383 g/mol. The van der Waals surface area contributed by atoms with E-state index in [1.54, 1.807) is 12.1 Å². The summed E-state index contributed by atoms with van der Waals surface area (Å²) in [6.07, 6.45) is -3.34. The Kier molecular flexibility index (Phi) is 4.93. The third-order valence-corrected chi connectivity index (χ3v) is 4.27. The second-order valence-electron chi connectivity index (χ2n) is 5.89. The maximum absolute atomic E-state index is 12.8. The number of carbonyl (C=O) groups is 1. The topological polar surface area (TPSA) is 64.0 Å². The van der Waals surface area contributed by atoms with Crippen LogP contribution >= 0.6 is 11.6 Å². The highest BCUT2D eigenvalue weighted by Gasteiger charge is 2.31. The first-order chi connectivity index (χ1) is 12.7. The summed E-state index contributed by atoms with van der Waals surface area (Å²) < 4.78 is 39.5. The minimum absolute atomic E-state index is 0.0454. The molecule has 3 aromatic rings. The number of nitrogens with one attached hydrogen (secondary N) is 1. The predicted molar refractivity (Wildman–Crippen MR) is 95.8 cm³/mol. The summed E-state index contributed by atoms with van der Waals surface area (Å²) in [6.45, 7) is 1.39. The molecule has 27 heavy (non-hydrogen) atoms. The Morgan fingerprint density at radius 2 is 2.00 bits per heavy atom. The third-order valence-electron chi connectivity index (χ3n) is 3.94. The second kappa shape index (κ2) is 7.03. The number of para-hydroxylation sites is 1. The number of carbonyl (C=O) groups excluding carboxylic acids is 1. The predicted octanol–water partition coefficient (Wildman–Crippen LogP) is 4.02. The lowest BCUT2D eigenvalue weighted by atomic mass is 10.1. The van der Waals surface area contributed by atoms with Crippen molar-refractivity contribution >= 4 is 34.1 Å². The van der Waals surface area contributed by atoms with E-state index in [4.69, 9.17) is 11.6 Å². The van der Waals surface area contributed by atoms with Gasteiger partial charge in [-0.1, -0.05) is 23.7 Å². The van der Waals surface area contributed by atoms with Crippen molar-refractivity contribution in [3.05, 3.63) is 69.2 Å². The Hall–Kier alpha value is -2.87. The first-order valence-electron chi connectivity index (χ1n) is 7.78. The number of fused-ring (bicyclic) bond motifs is 1. The zero-order valence-electron chi connectivity index (χ0n) is 14.0. The summed E-state index contributed by atoms with van der Waals surface area (Å²) in [6, 6.07) is 7.71. The molecule has 0 aliphatic carbocycles. The highest BCUT2D eigenvalue weighted by atomic mass is 35.5. The average Bonchev–Trinajstić information content (AvgIpc) is 2.59. The number of hydrogen-bond acceptors (Lipinski definition) is 3. The van der Waals surface area contributed by atoms with Gasteiger partial charge in [-0.25, -0.2) is 4.98 Å². The van der Waals surface area contributed by atoms with E-state index in [1.807, 2.05) is 13.0 Å². The molecule has 0 radical (unpaired) electrons. The molecule has 1 amide bonds. The molecule has 0 fully saturated rings. The highest BCUT2D eigenvalue weighted by molar-refractivity contribution is 6.33. The Morgan fingerprint density at radius 3 is 2.70 bits per heavy atom. The van der Waals surface area contributed by atoms with Crippen LogP contribution in [0.2, 0.25) is 5.02 Å². The quantitative estimate of drug-likeness (QED) is 0.728. The van der Waals surface area contributed by atoms with Gasteiger partial charge >= 0.3 is 6.18 Å². The number of benzene rings is 2. The van der Waals surface area contributed by atoms with Crippen molar-refractivity contribution in [2.24, 2.45) is 0 Å². The minimum atomic E-state index is -4.57. The van der Waals surface area contributed by atoms with E-state index in [2.05, 4.69) is 10.3 Å². The molecule has 140 valence electrons. The van der Waals surface area contributed by atoms with Crippen LogP contribution in [0.4, 0.5) is 18.9 Å². The van der Waals surface area contributed by atoms with Gasteiger partial charge in [0, 0.05) is 0 Å². The number of amides is 1. The van der Waals surface area contributed by atoms with Crippen LogP contribution in [0, 0.1) is 6.92 Å². The van der Waals surface area contributed by atoms with Crippen molar-refractivity contribution in [3.8, 4) is 0 Å². The first kappa shape index (κ1) is 18.9. The molecule has 3 rings (SSSR count). The number of aromatic nitrogens is 2. The SMILES string of the molecule is Cc1cccc2c(=O)n(CC(=O)Nc3cc(C(F)(F)F)ccc3Cl)cnc12. The lowest BCUT2D eigenvalue weighted by Gasteiger charge is -2.12. The molecule has 1 aromatic heterocycles. The first-order valence-corrected chi connectivity index (χ1v) is 8.16. The van der Waals surface area contributed by atoms with Gasteiger partial charge in [-0.2, -0.15) is 13.2 Å². The third kappa shape index (κ3) is 3.95. The summed E-state index contributed by atoms with van der Waals surface area (Å²) >= 11 is 5.86. The molecule has 9 heteroatoms. The molecule has 0 saturated heterocycles. The number of hydrogen-bond donors (Lipinski definition) is 1. The van der Waals surface area contributed by atoms with Gasteiger partial charge in [-0.15, -0.1) is 0 Å². The molecular formula is C18H13ClF3N3O2. The fraction of sp³-hybridized carbons (Fsp3) is 0.167. The number of rotatable bonds is 3.